The molecular formula is C22H22N6O2S. The highest BCUT2D eigenvalue weighted by Crippen LogP contribution is 2.28. The lowest BCUT2D eigenvalue weighted by Crippen LogP contribution is -2.05. The van der Waals surface area contributed by atoms with Gasteiger partial charge >= 0.3 is 0 Å². The van der Waals surface area contributed by atoms with Crippen LogP contribution in [-0.2, 0) is 17.3 Å². The third-order valence-corrected chi connectivity index (χ3v) is 6.24. The highest BCUT2D eigenvalue weighted by molar-refractivity contribution is 7.85. The van der Waals surface area contributed by atoms with Gasteiger partial charge in [-0.2, -0.15) is 0 Å². The fourth-order valence-electron chi connectivity index (χ4n) is 2.99. The predicted octanol–water partition coefficient (Wildman–Crippen LogP) is 3.42. The Bertz CT molecular complexity index is 1240. The largest absolute Gasteiger partial charge is 0.414 e. The second kappa shape index (κ2) is 8.75. The van der Waals surface area contributed by atoms with Crippen LogP contribution < -0.4 is 11.5 Å². The lowest BCUT2D eigenvalue weighted by atomic mass is 10.1. The molecule has 0 aliphatic rings. The van der Waals surface area contributed by atoms with Crippen LogP contribution in [0.2, 0.25) is 0 Å². The summed E-state index contributed by atoms with van der Waals surface area (Å²) in [4.78, 5) is 9.59. The molecule has 0 aliphatic heterocycles. The number of aromatic nitrogens is 4. The minimum atomic E-state index is -1.05. The molecule has 158 valence electrons. The number of hydrogen-bond acceptors (Lipinski definition) is 8. The maximum atomic E-state index is 12.3. The van der Waals surface area contributed by atoms with E-state index in [0.29, 0.717) is 23.8 Å². The topological polar surface area (TPSA) is 134 Å². The lowest BCUT2D eigenvalue weighted by Gasteiger charge is -2.07. The van der Waals surface area contributed by atoms with E-state index in [9.17, 15) is 4.21 Å². The summed E-state index contributed by atoms with van der Waals surface area (Å²) in [7, 11) is -1.05. The van der Waals surface area contributed by atoms with E-state index in [1.54, 1.807) is 6.20 Å². The zero-order valence-electron chi connectivity index (χ0n) is 17.1. The smallest absolute Gasteiger partial charge is 0.270 e. The molecule has 1 atom stereocenters. The molecule has 0 amide bonds. The van der Waals surface area contributed by atoms with E-state index in [2.05, 4.69) is 20.2 Å². The van der Waals surface area contributed by atoms with Crippen molar-refractivity contribution in [2.75, 3.05) is 5.73 Å². The standard InChI is InChI=1S/C22H22N6O2S/c1-13(2)31(29)17-8-6-15(7-9-17)18-12-25-20(24)19(26-18)22-28-27-21(30-22)16-5-3-4-14(10-16)11-23/h3-10,12-13H,11,23H2,1-2H3,(H2,24,25). The van der Waals surface area contributed by atoms with Gasteiger partial charge in [-0.15, -0.1) is 10.2 Å². The molecule has 31 heavy (non-hydrogen) atoms. The highest BCUT2D eigenvalue weighted by Gasteiger charge is 2.17. The average molecular weight is 435 g/mol. The van der Waals surface area contributed by atoms with Crippen molar-refractivity contribution in [2.24, 2.45) is 5.73 Å². The van der Waals surface area contributed by atoms with Crippen molar-refractivity contribution in [1.29, 1.82) is 0 Å². The predicted molar refractivity (Wildman–Crippen MR) is 120 cm³/mol. The maximum absolute atomic E-state index is 12.3. The molecule has 2 aromatic heterocycles. The summed E-state index contributed by atoms with van der Waals surface area (Å²) in [5.74, 6) is 0.710. The first-order chi connectivity index (χ1) is 15.0. The molecule has 0 radical (unpaired) electrons. The second-order valence-corrected chi connectivity index (χ2v) is 9.19. The Balaban J connectivity index is 1.66. The number of nitrogens with zero attached hydrogens (tertiary/aromatic N) is 4. The molecule has 4 aromatic rings. The van der Waals surface area contributed by atoms with Crippen molar-refractivity contribution in [3.63, 3.8) is 0 Å². The highest BCUT2D eigenvalue weighted by atomic mass is 32.2. The second-order valence-electron chi connectivity index (χ2n) is 7.18. The molecule has 0 bridgehead atoms. The lowest BCUT2D eigenvalue weighted by molar-refractivity contribution is 0.582. The Kier molecular flexibility index (Phi) is 5.88. The Morgan fingerprint density at radius 2 is 1.77 bits per heavy atom. The fraction of sp³-hybridized carbons (Fsp3) is 0.182. The van der Waals surface area contributed by atoms with Gasteiger partial charge in [0, 0.05) is 27.8 Å². The van der Waals surface area contributed by atoms with E-state index in [1.807, 2.05) is 62.4 Å². The molecule has 4 N–H and O–H groups in total. The van der Waals surface area contributed by atoms with Crippen molar-refractivity contribution in [2.45, 2.75) is 30.5 Å². The number of nitrogens with two attached hydrogens (primary N) is 2. The summed E-state index contributed by atoms with van der Waals surface area (Å²) in [6.45, 7) is 4.26. The molecule has 4 rings (SSSR count). The van der Waals surface area contributed by atoms with Crippen molar-refractivity contribution in [3.8, 4) is 34.3 Å². The molecular weight excluding hydrogens is 412 g/mol. The number of anilines is 1. The van der Waals surface area contributed by atoms with Gasteiger partial charge in [0.1, 0.15) is 0 Å². The third kappa shape index (κ3) is 4.37. The summed E-state index contributed by atoms with van der Waals surface area (Å²) in [6.07, 6.45) is 1.58. The van der Waals surface area contributed by atoms with Crippen LogP contribution in [-0.4, -0.2) is 29.6 Å². The van der Waals surface area contributed by atoms with Gasteiger partial charge in [0.2, 0.25) is 5.89 Å². The quantitative estimate of drug-likeness (QED) is 0.471. The first kappa shape index (κ1) is 20.8. The fourth-order valence-corrected chi connectivity index (χ4v) is 3.94. The van der Waals surface area contributed by atoms with Gasteiger partial charge in [-0.3, -0.25) is 4.21 Å². The molecule has 0 spiro atoms. The van der Waals surface area contributed by atoms with Crippen LogP contribution in [0, 0.1) is 0 Å². The Morgan fingerprint density at radius 1 is 1.03 bits per heavy atom. The molecule has 2 heterocycles. The van der Waals surface area contributed by atoms with E-state index in [0.717, 1.165) is 21.6 Å². The molecule has 0 saturated heterocycles. The minimum absolute atomic E-state index is 0.0473. The normalized spacial score (nSPS) is 12.3. The van der Waals surface area contributed by atoms with Crippen LogP contribution in [0.4, 0.5) is 5.82 Å². The van der Waals surface area contributed by atoms with E-state index < -0.39 is 10.8 Å². The summed E-state index contributed by atoms with van der Waals surface area (Å²) < 4.78 is 18.1. The SMILES string of the molecule is CC(C)S(=O)c1ccc(-c2cnc(N)c(-c3nnc(-c4cccc(CN)c4)o3)n2)cc1. The van der Waals surface area contributed by atoms with Gasteiger partial charge in [0.25, 0.3) is 5.89 Å². The summed E-state index contributed by atoms with van der Waals surface area (Å²) >= 11 is 0. The van der Waals surface area contributed by atoms with Gasteiger partial charge in [-0.25, -0.2) is 9.97 Å². The van der Waals surface area contributed by atoms with Crippen molar-refractivity contribution >= 4 is 16.6 Å². The Labute approximate surface area is 182 Å². The summed E-state index contributed by atoms with van der Waals surface area (Å²) in [5, 5.41) is 8.26. The van der Waals surface area contributed by atoms with Gasteiger partial charge in [0.15, 0.2) is 11.5 Å². The number of hydrogen-bond donors (Lipinski definition) is 2. The number of nitrogen functional groups attached to an aromatic ring is 1. The van der Waals surface area contributed by atoms with Crippen LogP contribution in [0.25, 0.3) is 34.3 Å². The molecule has 0 fully saturated rings. The Morgan fingerprint density at radius 3 is 2.48 bits per heavy atom. The van der Waals surface area contributed by atoms with E-state index in [1.165, 1.54) is 0 Å². The van der Waals surface area contributed by atoms with Crippen LogP contribution in [0.5, 0.6) is 0 Å². The van der Waals surface area contributed by atoms with Crippen molar-refractivity contribution in [3.05, 3.63) is 60.3 Å². The molecule has 2 aromatic carbocycles. The number of rotatable bonds is 6. The van der Waals surface area contributed by atoms with Gasteiger partial charge in [-0.05, 0) is 29.8 Å². The summed E-state index contributed by atoms with van der Waals surface area (Å²) in [6, 6.07) is 14.9. The monoisotopic (exact) mass is 434 g/mol. The molecule has 1 unspecified atom stereocenters. The van der Waals surface area contributed by atoms with Crippen LogP contribution in [0.15, 0.2) is 64.0 Å². The average Bonchev–Trinajstić information content (AvgIpc) is 3.29. The van der Waals surface area contributed by atoms with E-state index in [4.69, 9.17) is 15.9 Å². The van der Waals surface area contributed by atoms with Crippen LogP contribution in [0.3, 0.4) is 0 Å². The van der Waals surface area contributed by atoms with Crippen molar-refractivity contribution in [1.82, 2.24) is 20.2 Å². The molecule has 8 nitrogen and oxygen atoms in total. The first-order valence-corrected chi connectivity index (χ1v) is 10.9. The van der Waals surface area contributed by atoms with Crippen molar-refractivity contribution < 1.29 is 8.63 Å². The van der Waals surface area contributed by atoms with Gasteiger partial charge in [0.05, 0.1) is 22.7 Å². The molecule has 9 heteroatoms. The minimum Gasteiger partial charge on any atom is -0.414 e. The molecule has 0 aliphatic carbocycles. The maximum Gasteiger partial charge on any atom is 0.270 e. The summed E-state index contributed by atoms with van der Waals surface area (Å²) in [5.41, 5.74) is 15.2. The van der Waals surface area contributed by atoms with Crippen LogP contribution in [0.1, 0.15) is 19.4 Å². The third-order valence-electron chi connectivity index (χ3n) is 4.65. The Hall–Kier alpha value is -3.43. The first-order valence-electron chi connectivity index (χ1n) is 9.73. The number of benzene rings is 2. The molecule has 0 saturated carbocycles. The van der Waals surface area contributed by atoms with Gasteiger partial charge < -0.3 is 15.9 Å². The van der Waals surface area contributed by atoms with Gasteiger partial charge in [-0.1, -0.05) is 38.1 Å². The van der Waals surface area contributed by atoms with E-state index >= 15 is 0 Å². The zero-order valence-corrected chi connectivity index (χ0v) is 18.0. The van der Waals surface area contributed by atoms with Crippen LogP contribution >= 0.6 is 0 Å². The van der Waals surface area contributed by atoms with E-state index in [-0.39, 0.29) is 17.0 Å². The zero-order chi connectivity index (χ0) is 22.0.